The van der Waals surface area contributed by atoms with Gasteiger partial charge in [0.05, 0.1) is 10.9 Å². The van der Waals surface area contributed by atoms with Crippen LogP contribution in [0.4, 0.5) is 0 Å². The molecule has 2 heterocycles. The molecule has 7 heteroatoms. The molecular formula is C27H22Cl2O5. The minimum Gasteiger partial charge on any atom is -0.488 e. The van der Waals surface area contributed by atoms with Crippen LogP contribution in [0.1, 0.15) is 23.8 Å². The number of benzene rings is 3. The molecule has 0 saturated heterocycles. The lowest BCUT2D eigenvalue weighted by Gasteiger charge is -2.19. The Labute approximate surface area is 206 Å². The molecule has 0 unspecified atom stereocenters. The predicted octanol–water partition coefficient (Wildman–Crippen LogP) is 6.99. The number of halogens is 2. The predicted molar refractivity (Wildman–Crippen MR) is 134 cm³/mol. The van der Waals surface area contributed by atoms with Crippen molar-refractivity contribution in [1.82, 2.24) is 0 Å². The van der Waals surface area contributed by atoms with Gasteiger partial charge in [0.2, 0.25) is 5.43 Å². The highest BCUT2D eigenvalue weighted by Gasteiger charge is 2.19. The molecule has 0 saturated carbocycles. The first kappa shape index (κ1) is 22.6. The van der Waals surface area contributed by atoms with Gasteiger partial charge >= 0.3 is 0 Å². The fraction of sp³-hybridized carbons (Fsp3) is 0.222. The molecule has 4 aromatic rings. The van der Waals surface area contributed by atoms with Crippen molar-refractivity contribution in [2.24, 2.45) is 0 Å². The number of fused-ring (bicyclic) bond motifs is 2. The van der Waals surface area contributed by atoms with E-state index in [0.717, 1.165) is 16.7 Å². The van der Waals surface area contributed by atoms with Crippen molar-refractivity contribution in [2.45, 2.75) is 26.9 Å². The summed E-state index contributed by atoms with van der Waals surface area (Å²) in [5.74, 6) is 2.47. The maximum Gasteiger partial charge on any atom is 0.200 e. The molecule has 3 aromatic carbocycles. The molecule has 0 bridgehead atoms. The molecule has 5 rings (SSSR count). The highest BCUT2D eigenvalue weighted by atomic mass is 35.5. The van der Waals surface area contributed by atoms with Crippen LogP contribution in [0.5, 0.6) is 17.2 Å². The Kier molecular flexibility index (Phi) is 6.15. The van der Waals surface area contributed by atoms with Gasteiger partial charge in [-0.2, -0.15) is 0 Å². The van der Waals surface area contributed by atoms with Crippen LogP contribution in [-0.2, 0) is 13.0 Å². The Morgan fingerprint density at radius 3 is 2.50 bits per heavy atom. The maximum absolute atomic E-state index is 13.6. The second-order valence-corrected chi connectivity index (χ2v) is 8.90. The molecule has 0 radical (unpaired) electrons. The van der Waals surface area contributed by atoms with E-state index in [-0.39, 0.29) is 12.0 Å². The second kappa shape index (κ2) is 9.24. The van der Waals surface area contributed by atoms with Gasteiger partial charge in [-0.05, 0) is 54.8 Å². The van der Waals surface area contributed by atoms with Crippen molar-refractivity contribution in [3.63, 3.8) is 0 Å². The average Bonchev–Trinajstić information content (AvgIpc) is 2.83. The van der Waals surface area contributed by atoms with E-state index in [9.17, 15) is 4.79 Å². The summed E-state index contributed by atoms with van der Waals surface area (Å²) in [5.41, 5.74) is 3.33. The molecule has 0 spiro atoms. The molecule has 174 valence electrons. The van der Waals surface area contributed by atoms with Crippen molar-refractivity contribution in [3.05, 3.63) is 85.7 Å². The Hall–Kier alpha value is -3.15. The van der Waals surface area contributed by atoms with Gasteiger partial charge in [0.25, 0.3) is 0 Å². The van der Waals surface area contributed by atoms with Gasteiger partial charge < -0.3 is 18.6 Å². The lowest BCUT2D eigenvalue weighted by atomic mass is 10.00. The summed E-state index contributed by atoms with van der Waals surface area (Å²) in [6.45, 7) is 5.06. The Morgan fingerprint density at radius 2 is 1.74 bits per heavy atom. The lowest BCUT2D eigenvalue weighted by Crippen LogP contribution is -2.15. The smallest absolute Gasteiger partial charge is 0.200 e. The maximum atomic E-state index is 13.6. The second-order valence-electron chi connectivity index (χ2n) is 8.05. The molecule has 5 nitrogen and oxygen atoms in total. The molecule has 1 aliphatic heterocycles. The first-order valence-electron chi connectivity index (χ1n) is 11.0. The van der Waals surface area contributed by atoms with Crippen LogP contribution >= 0.6 is 23.2 Å². The van der Waals surface area contributed by atoms with Crippen molar-refractivity contribution in [3.8, 4) is 28.4 Å². The largest absolute Gasteiger partial charge is 0.488 e. The van der Waals surface area contributed by atoms with Crippen LogP contribution in [0, 0.1) is 6.92 Å². The van der Waals surface area contributed by atoms with Gasteiger partial charge in [0.15, 0.2) is 11.5 Å². The average molecular weight is 497 g/mol. The van der Waals surface area contributed by atoms with Crippen molar-refractivity contribution in [1.29, 1.82) is 0 Å². The topological polar surface area (TPSA) is 57.9 Å². The number of hydrogen-bond acceptors (Lipinski definition) is 5. The fourth-order valence-electron chi connectivity index (χ4n) is 4.12. The van der Waals surface area contributed by atoms with Crippen LogP contribution in [0.25, 0.3) is 22.1 Å². The van der Waals surface area contributed by atoms with Crippen molar-refractivity contribution in [2.75, 3.05) is 13.2 Å². The molecule has 1 aliphatic rings. The Bertz CT molecular complexity index is 1460. The minimum atomic E-state index is -0.0996. The van der Waals surface area contributed by atoms with Gasteiger partial charge in [-0.3, -0.25) is 4.79 Å². The zero-order chi connectivity index (χ0) is 23.8. The number of hydrogen-bond donors (Lipinski definition) is 0. The lowest BCUT2D eigenvalue weighted by molar-refractivity contribution is 0.171. The van der Waals surface area contributed by atoms with Gasteiger partial charge in [-0.1, -0.05) is 42.3 Å². The van der Waals surface area contributed by atoms with Crippen molar-refractivity contribution < 1.29 is 18.6 Å². The van der Waals surface area contributed by atoms with Gasteiger partial charge in [0, 0.05) is 21.7 Å². The molecule has 0 amide bonds. The summed E-state index contributed by atoms with van der Waals surface area (Å²) in [4.78, 5) is 13.6. The first-order valence-corrected chi connectivity index (χ1v) is 11.8. The van der Waals surface area contributed by atoms with Crippen LogP contribution in [0.2, 0.25) is 10.0 Å². The third-order valence-electron chi connectivity index (χ3n) is 5.86. The van der Waals surface area contributed by atoms with E-state index in [4.69, 9.17) is 41.8 Å². The van der Waals surface area contributed by atoms with Crippen molar-refractivity contribution >= 4 is 34.2 Å². The molecule has 0 fully saturated rings. The van der Waals surface area contributed by atoms with E-state index in [1.807, 2.05) is 37.3 Å². The molecule has 34 heavy (non-hydrogen) atoms. The first-order chi connectivity index (χ1) is 16.4. The van der Waals surface area contributed by atoms with Crippen LogP contribution < -0.4 is 19.6 Å². The fourth-order valence-corrected chi connectivity index (χ4v) is 4.58. The summed E-state index contributed by atoms with van der Waals surface area (Å²) in [7, 11) is 0. The highest BCUT2D eigenvalue weighted by molar-refractivity contribution is 6.35. The molecular weight excluding hydrogens is 475 g/mol. The number of rotatable bonds is 5. The van der Waals surface area contributed by atoms with Crippen LogP contribution in [-0.4, -0.2) is 13.2 Å². The van der Waals surface area contributed by atoms with E-state index in [1.165, 1.54) is 0 Å². The summed E-state index contributed by atoms with van der Waals surface area (Å²) >= 11 is 12.3. The minimum absolute atomic E-state index is 0.0996. The zero-order valence-corrected chi connectivity index (χ0v) is 20.3. The van der Waals surface area contributed by atoms with E-state index in [2.05, 4.69) is 0 Å². The summed E-state index contributed by atoms with van der Waals surface area (Å²) in [6.07, 6.45) is 0.687. The van der Waals surface area contributed by atoms with E-state index in [0.29, 0.717) is 69.2 Å². The van der Waals surface area contributed by atoms with Gasteiger partial charge in [-0.15, -0.1) is 0 Å². The summed E-state index contributed by atoms with van der Waals surface area (Å²) in [5, 5.41) is 1.61. The molecule has 0 atom stereocenters. The zero-order valence-electron chi connectivity index (χ0n) is 18.7. The number of aryl methyl sites for hydroxylation is 2. The highest BCUT2D eigenvalue weighted by Crippen LogP contribution is 2.36. The normalized spacial score (nSPS) is 12.7. The van der Waals surface area contributed by atoms with Gasteiger partial charge in [0.1, 0.15) is 36.9 Å². The standard InChI is InChI=1S/C27H22Cl2O5/c1-3-16-10-20-24(13-23(16)33-14-18-4-6-19(28)12-21(18)29)34-15(2)26(27(20)30)17-5-7-22-25(11-17)32-9-8-31-22/h4-7,10-13H,3,8-9,14H2,1-2H3. The summed E-state index contributed by atoms with van der Waals surface area (Å²) < 4.78 is 23.5. The molecule has 0 aliphatic carbocycles. The molecule has 1 aromatic heterocycles. The van der Waals surface area contributed by atoms with E-state index < -0.39 is 0 Å². The summed E-state index contributed by atoms with van der Waals surface area (Å²) in [6, 6.07) is 14.4. The van der Waals surface area contributed by atoms with E-state index >= 15 is 0 Å². The Balaban J connectivity index is 1.54. The van der Waals surface area contributed by atoms with Crippen LogP contribution in [0.15, 0.2) is 57.7 Å². The van der Waals surface area contributed by atoms with Gasteiger partial charge in [-0.25, -0.2) is 0 Å². The SMILES string of the molecule is CCc1cc2c(=O)c(-c3ccc4c(c3)OCCO4)c(C)oc2cc1OCc1ccc(Cl)cc1Cl. The monoisotopic (exact) mass is 496 g/mol. The van der Waals surface area contributed by atoms with E-state index in [1.54, 1.807) is 25.1 Å². The third-order valence-corrected chi connectivity index (χ3v) is 6.45. The number of ether oxygens (including phenoxy) is 3. The third kappa shape index (κ3) is 4.22. The van der Waals surface area contributed by atoms with Crippen LogP contribution in [0.3, 0.4) is 0 Å². The molecule has 0 N–H and O–H groups in total. The Morgan fingerprint density at radius 1 is 0.941 bits per heavy atom. The quantitative estimate of drug-likeness (QED) is 0.298.